The molecule has 0 radical (unpaired) electrons. The fraction of sp³-hybridized carbons (Fsp3) is 0.489. The molecule has 0 unspecified atom stereocenters. The van der Waals surface area contributed by atoms with E-state index >= 15 is 0 Å². The van der Waals surface area contributed by atoms with Crippen LogP contribution in [-0.4, -0.2) is 29.9 Å². The summed E-state index contributed by atoms with van der Waals surface area (Å²) in [6, 6.07) is 18.6. The summed E-state index contributed by atoms with van der Waals surface area (Å²) in [7, 11) is 0. The van der Waals surface area contributed by atoms with Crippen molar-refractivity contribution < 1.29 is 28.7 Å². The molecule has 0 bridgehead atoms. The van der Waals surface area contributed by atoms with Gasteiger partial charge < -0.3 is 14.2 Å². The molecular formula is C47H63NO7. The van der Waals surface area contributed by atoms with Crippen LogP contribution in [0.5, 0.6) is 17.2 Å². The van der Waals surface area contributed by atoms with Crippen LogP contribution >= 0.6 is 0 Å². The predicted molar refractivity (Wildman–Crippen MR) is 224 cm³/mol. The number of ether oxygens (including phenoxy) is 3. The van der Waals surface area contributed by atoms with Gasteiger partial charge in [-0.25, -0.2) is 4.79 Å². The first kappa shape index (κ1) is 44.7. The Morgan fingerprint density at radius 3 is 1.42 bits per heavy atom. The van der Waals surface area contributed by atoms with E-state index in [0.717, 1.165) is 48.0 Å². The van der Waals surface area contributed by atoms with E-state index in [1.807, 2.05) is 48.5 Å². The Morgan fingerprint density at radius 2 is 0.982 bits per heavy atom. The number of benzene rings is 3. The fourth-order valence-corrected chi connectivity index (χ4v) is 6.21. The molecular weight excluding hydrogens is 691 g/mol. The lowest BCUT2D eigenvalue weighted by Crippen LogP contribution is -2.07. The van der Waals surface area contributed by atoms with Crippen LogP contribution in [0, 0.1) is 10.1 Å². The standard InChI is InChI=1S/C47H63NO7/c1-3-5-7-9-10-11-12-13-14-15-16-17-19-21-37-54-43-31-24-40(25-32-43)27-35-47(50)55-46-34-28-41(38-44(46)48(51)52)45(49)33-26-39-22-29-42(30-23-39)53-36-20-18-8-6-4-2/h22-35,38H,3-21,36-37H2,1-2H3/b33-26+,35-27+. The lowest BCUT2D eigenvalue weighted by atomic mass is 10.0. The van der Waals surface area contributed by atoms with Crippen LogP contribution in [0.2, 0.25) is 0 Å². The van der Waals surface area contributed by atoms with Crippen molar-refractivity contribution >= 4 is 29.6 Å². The highest BCUT2D eigenvalue weighted by Gasteiger charge is 2.20. The first-order chi connectivity index (χ1) is 26.9. The molecule has 0 spiro atoms. The van der Waals surface area contributed by atoms with Gasteiger partial charge in [-0.15, -0.1) is 0 Å². The summed E-state index contributed by atoms with van der Waals surface area (Å²) >= 11 is 0. The van der Waals surface area contributed by atoms with Gasteiger partial charge in [-0.05, 0) is 72.5 Å². The second-order valence-corrected chi connectivity index (χ2v) is 14.2. The zero-order chi connectivity index (χ0) is 39.4. The summed E-state index contributed by atoms with van der Waals surface area (Å²) in [5.41, 5.74) is 1.17. The van der Waals surface area contributed by atoms with Crippen LogP contribution < -0.4 is 14.2 Å². The maximum atomic E-state index is 12.8. The van der Waals surface area contributed by atoms with Gasteiger partial charge in [0.2, 0.25) is 5.75 Å². The molecule has 0 aliphatic carbocycles. The molecule has 0 heterocycles. The number of unbranched alkanes of at least 4 members (excludes halogenated alkanes) is 17. The average molecular weight is 754 g/mol. The summed E-state index contributed by atoms with van der Waals surface area (Å²) in [5.74, 6) is 0.0986. The number of ketones is 1. The van der Waals surface area contributed by atoms with Crippen molar-refractivity contribution in [2.45, 2.75) is 136 Å². The number of nitro groups is 1. The Labute approximate surface area is 329 Å². The van der Waals surface area contributed by atoms with E-state index in [4.69, 9.17) is 14.2 Å². The average Bonchev–Trinajstić information content (AvgIpc) is 3.20. The maximum Gasteiger partial charge on any atom is 0.336 e. The molecule has 8 nitrogen and oxygen atoms in total. The van der Waals surface area contributed by atoms with E-state index in [0.29, 0.717) is 13.2 Å². The molecule has 3 aromatic rings. The van der Waals surface area contributed by atoms with E-state index in [-0.39, 0.29) is 11.3 Å². The second kappa shape index (κ2) is 27.8. The summed E-state index contributed by atoms with van der Waals surface area (Å²) in [6.07, 6.45) is 30.1. The number of hydrogen-bond acceptors (Lipinski definition) is 7. The van der Waals surface area contributed by atoms with Gasteiger partial charge in [-0.2, -0.15) is 0 Å². The molecule has 55 heavy (non-hydrogen) atoms. The van der Waals surface area contributed by atoms with Crippen LogP contribution in [0.25, 0.3) is 12.2 Å². The van der Waals surface area contributed by atoms with Gasteiger partial charge in [-0.3, -0.25) is 14.9 Å². The molecule has 0 amide bonds. The third-order valence-electron chi connectivity index (χ3n) is 9.53. The highest BCUT2D eigenvalue weighted by Crippen LogP contribution is 2.29. The quantitative estimate of drug-likeness (QED) is 0.0127. The minimum atomic E-state index is -0.774. The van der Waals surface area contributed by atoms with E-state index in [9.17, 15) is 19.7 Å². The third-order valence-corrected chi connectivity index (χ3v) is 9.53. The number of nitro benzene ring substituents is 1. The lowest BCUT2D eigenvalue weighted by molar-refractivity contribution is -0.385. The van der Waals surface area contributed by atoms with Crippen LogP contribution in [0.3, 0.4) is 0 Å². The maximum absolute atomic E-state index is 12.8. The Hall–Kier alpha value is -4.72. The number of carbonyl (C=O) groups excluding carboxylic acids is 2. The number of carbonyl (C=O) groups is 2. The zero-order valence-corrected chi connectivity index (χ0v) is 33.3. The molecule has 298 valence electrons. The van der Waals surface area contributed by atoms with Crippen molar-refractivity contribution in [3.8, 4) is 17.2 Å². The molecule has 8 heteroatoms. The van der Waals surface area contributed by atoms with E-state index in [2.05, 4.69) is 13.8 Å². The molecule has 0 aliphatic rings. The van der Waals surface area contributed by atoms with Crippen molar-refractivity contribution in [3.63, 3.8) is 0 Å². The Balaban J connectivity index is 1.35. The van der Waals surface area contributed by atoms with Gasteiger partial charge in [-0.1, -0.05) is 153 Å². The summed E-state index contributed by atoms with van der Waals surface area (Å²) in [4.78, 5) is 36.5. The highest BCUT2D eigenvalue weighted by molar-refractivity contribution is 6.07. The van der Waals surface area contributed by atoms with Crippen LogP contribution in [0.1, 0.15) is 157 Å². The Morgan fingerprint density at radius 1 is 0.564 bits per heavy atom. The summed E-state index contributed by atoms with van der Waals surface area (Å²) in [5, 5.41) is 11.8. The van der Waals surface area contributed by atoms with E-state index < -0.39 is 22.4 Å². The van der Waals surface area contributed by atoms with Gasteiger partial charge in [0.25, 0.3) is 0 Å². The van der Waals surface area contributed by atoms with Crippen molar-refractivity contribution in [2.24, 2.45) is 0 Å². The fourth-order valence-electron chi connectivity index (χ4n) is 6.21. The van der Waals surface area contributed by atoms with Gasteiger partial charge in [0.05, 0.1) is 18.1 Å². The third kappa shape index (κ3) is 19.4. The Bertz CT molecular complexity index is 1590. The highest BCUT2D eigenvalue weighted by atomic mass is 16.6. The Kier molecular flexibility index (Phi) is 22.6. The predicted octanol–water partition coefficient (Wildman–Crippen LogP) is 13.3. The molecule has 0 fully saturated rings. The van der Waals surface area contributed by atoms with Crippen LogP contribution in [0.15, 0.2) is 78.9 Å². The van der Waals surface area contributed by atoms with Crippen molar-refractivity contribution in [3.05, 3.63) is 106 Å². The molecule has 0 saturated heterocycles. The number of nitrogens with zero attached hydrogens (tertiary/aromatic N) is 1. The van der Waals surface area contributed by atoms with Crippen molar-refractivity contribution in [1.82, 2.24) is 0 Å². The topological polar surface area (TPSA) is 105 Å². The van der Waals surface area contributed by atoms with E-state index in [1.54, 1.807) is 12.2 Å². The first-order valence-corrected chi connectivity index (χ1v) is 20.8. The minimum absolute atomic E-state index is 0.105. The first-order valence-electron chi connectivity index (χ1n) is 20.8. The van der Waals surface area contributed by atoms with Gasteiger partial charge in [0.15, 0.2) is 5.78 Å². The van der Waals surface area contributed by atoms with Crippen LogP contribution in [0.4, 0.5) is 5.69 Å². The lowest BCUT2D eigenvalue weighted by Gasteiger charge is -2.07. The van der Waals surface area contributed by atoms with Crippen molar-refractivity contribution in [2.75, 3.05) is 13.2 Å². The number of rotatable bonds is 30. The normalized spacial score (nSPS) is 11.3. The molecule has 0 aliphatic heterocycles. The van der Waals surface area contributed by atoms with Gasteiger partial charge >= 0.3 is 11.7 Å². The molecule has 0 aromatic heterocycles. The summed E-state index contributed by atoms with van der Waals surface area (Å²) < 4.78 is 17.0. The van der Waals surface area contributed by atoms with Gasteiger partial charge in [0, 0.05) is 17.7 Å². The number of allylic oxidation sites excluding steroid dienone is 1. The smallest absolute Gasteiger partial charge is 0.336 e. The molecule has 0 atom stereocenters. The monoisotopic (exact) mass is 753 g/mol. The van der Waals surface area contributed by atoms with Gasteiger partial charge in [0.1, 0.15) is 11.5 Å². The molecule has 0 saturated carbocycles. The van der Waals surface area contributed by atoms with E-state index in [1.165, 1.54) is 127 Å². The number of hydrogen-bond donors (Lipinski definition) is 0. The molecule has 0 N–H and O–H groups in total. The number of esters is 1. The summed E-state index contributed by atoms with van der Waals surface area (Å²) in [6.45, 7) is 5.79. The zero-order valence-electron chi connectivity index (χ0n) is 33.3. The molecule has 3 rings (SSSR count). The minimum Gasteiger partial charge on any atom is -0.494 e. The SMILES string of the molecule is CCCCCCCCCCCCCCCCOc1ccc(/C=C/C(=O)Oc2ccc(C(=O)/C=C/c3ccc(OCCCCCCC)cc3)cc2[N+](=O)[O-])cc1. The van der Waals surface area contributed by atoms with Crippen LogP contribution in [-0.2, 0) is 4.79 Å². The second-order valence-electron chi connectivity index (χ2n) is 14.2. The van der Waals surface area contributed by atoms with Crippen molar-refractivity contribution in [1.29, 1.82) is 0 Å². The largest absolute Gasteiger partial charge is 0.494 e. The molecule has 3 aromatic carbocycles.